The first-order valence-corrected chi connectivity index (χ1v) is 8.70. The summed E-state index contributed by atoms with van der Waals surface area (Å²) >= 11 is 1.24. The number of hydrogen-bond acceptors (Lipinski definition) is 6. The molecule has 2 aromatic carbocycles. The number of ether oxygens (including phenoxy) is 1. The molecule has 0 unspecified atom stereocenters. The predicted octanol–water partition coefficient (Wildman–Crippen LogP) is 3.13. The number of esters is 1. The molecule has 0 N–H and O–H groups in total. The van der Waals surface area contributed by atoms with Gasteiger partial charge >= 0.3 is 5.97 Å². The molecule has 0 atom stereocenters. The smallest absolute Gasteiger partial charge is 0.339 e. The van der Waals surface area contributed by atoms with E-state index in [4.69, 9.17) is 4.74 Å². The van der Waals surface area contributed by atoms with Gasteiger partial charge in [-0.2, -0.15) is 0 Å². The highest BCUT2D eigenvalue weighted by molar-refractivity contribution is 8.00. The predicted molar refractivity (Wildman–Crippen MR) is 98.1 cm³/mol. The van der Waals surface area contributed by atoms with Crippen LogP contribution in [0.15, 0.2) is 53.4 Å². The van der Waals surface area contributed by atoms with Gasteiger partial charge < -0.3 is 9.64 Å². The average molecular weight is 374 g/mol. The maximum Gasteiger partial charge on any atom is 0.339 e. The third kappa shape index (κ3) is 5.06. The Morgan fingerprint density at radius 3 is 2.46 bits per heavy atom. The van der Waals surface area contributed by atoms with Crippen molar-refractivity contribution in [3.63, 3.8) is 0 Å². The average Bonchev–Trinajstić information content (AvgIpc) is 2.64. The molecule has 26 heavy (non-hydrogen) atoms. The van der Waals surface area contributed by atoms with Crippen LogP contribution in [0, 0.1) is 10.1 Å². The van der Waals surface area contributed by atoms with Crippen LogP contribution in [0.1, 0.15) is 15.9 Å². The minimum atomic E-state index is -0.594. The minimum absolute atomic E-state index is 0.0712. The summed E-state index contributed by atoms with van der Waals surface area (Å²) < 4.78 is 5.25. The van der Waals surface area contributed by atoms with E-state index >= 15 is 0 Å². The molecule has 0 saturated heterocycles. The Kier molecular flexibility index (Phi) is 6.74. The summed E-state index contributed by atoms with van der Waals surface area (Å²) in [7, 11) is 3.33. The third-order valence-electron chi connectivity index (χ3n) is 3.50. The van der Waals surface area contributed by atoms with Gasteiger partial charge in [0.15, 0.2) is 0 Å². The van der Waals surface area contributed by atoms with Crippen molar-refractivity contribution in [2.45, 2.75) is 11.5 Å². The highest BCUT2D eigenvalue weighted by Crippen LogP contribution is 2.25. The van der Waals surface area contributed by atoms with Gasteiger partial charge in [-0.25, -0.2) is 4.79 Å². The summed E-state index contributed by atoms with van der Waals surface area (Å²) in [6.45, 7) is -0.203. The molecule has 0 heterocycles. The van der Waals surface area contributed by atoms with Crippen molar-refractivity contribution < 1.29 is 19.2 Å². The summed E-state index contributed by atoms with van der Waals surface area (Å²) in [5.41, 5.74) is 0.543. The molecule has 8 heteroatoms. The monoisotopic (exact) mass is 374 g/mol. The van der Waals surface area contributed by atoms with Crippen LogP contribution in [0.3, 0.4) is 0 Å². The Labute approximate surface area is 155 Å². The molecule has 2 rings (SSSR count). The molecule has 1 amide bonds. The molecule has 0 aliphatic rings. The van der Waals surface area contributed by atoms with Gasteiger partial charge in [0.25, 0.3) is 5.69 Å². The van der Waals surface area contributed by atoms with E-state index in [0.29, 0.717) is 16.0 Å². The number of para-hydroxylation sites is 1. The molecule has 0 bridgehead atoms. The van der Waals surface area contributed by atoms with Crippen molar-refractivity contribution in [3.05, 3.63) is 69.8 Å². The van der Waals surface area contributed by atoms with Gasteiger partial charge in [-0.15, -0.1) is 11.8 Å². The van der Waals surface area contributed by atoms with E-state index in [1.165, 1.54) is 22.7 Å². The van der Waals surface area contributed by atoms with Crippen molar-refractivity contribution in [1.29, 1.82) is 0 Å². The van der Waals surface area contributed by atoms with Crippen LogP contribution in [-0.2, 0) is 16.1 Å². The number of carbonyl (C=O) groups excluding carboxylic acids is 2. The maximum absolute atomic E-state index is 12.4. The number of carbonyl (C=O) groups is 2. The van der Waals surface area contributed by atoms with E-state index in [1.54, 1.807) is 56.6 Å². The molecular formula is C18H18N2O5S. The topological polar surface area (TPSA) is 89.8 Å². The first kappa shape index (κ1) is 19.5. The fourth-order valence-electron chi connectivity index (χ4n) is 2.06. The van der Waals surface area contributed by atoms with Crippen LogP contribution in [-0.4, -0.2) is 41.5 Å². The minimum Gasteiger partial charge on any atom is -0.457 e. The van der Waals surface area contributed by atoms with Crippen molar-refractivity contribution >= 4 is 29.3 Å². The molecular weight excluding hydrogens is 356 g/mol. The van der Waals surface area contributed by atoms with Crippen molar-refractivity contribution in [2.24, 2.45) is 0 Å². The lowest BCUT2D eigenvalue weighted by Gasteiger charge is -2.12. The second kappa shape index (κ2) is 9.00. The lowest BCUT2D eigenvalue weighted by molar-refractivity contribution is -0.385. The molecule has 7 nitrogen and oxygen atoms in total. The summed E-state index contributed by atoms with van der Waals surface area (Å²) in [6.07, 6.45) is 0. The quantitative estimate of drug-likeness (QED) is 0.320. The second-order valence-electron chi connectivity index (χ2n) is 5.53. The fourth-order valence-corrected chi connectivity index (χ4v) is 3.08. The summed E-state index contributed by atoms with van der Waals surface area (Å²) in [5.74, 6) is -0.469. The molecule has 2 aromatic rings. The Balaban J connectivity index is 2.08. The zero-order chi connectivity index (χ0) is 19.1. The van der Waals surface area contributed by atoms with Crippen LogP contribution in [0.25, 0.3) is 0 Å². The molecule has 0 spiro atoms. The third-order valence-corrected chi connectivity index (χ3v) is 4.56. The Morgan fingerprint density at radius 2 is 1.77 bits per heavy atom. The Hall–Kier alpha value is -2.87. The zero-order valence-electron chi connectivity index (χ0n) is 14.4. The van der Waals surface area contributed by atoms with Crippen LogP contribution >= 0.6 is 11.8 Å². The zero-order valence-corrected chi connectivity index (χ0v) is 15.2. The lowest BCUT2D eigenvalue weighted by Crippen LogP contribution is -2.23. The Bertz CT molecular complexity index is 823. The number of rotatable bonds is 7. The first-order chi connectivity index (χ1) is 12.4. The van der Waals surface area contributed by atoms with Crippen molar-refractivity contribution in [3.8, 4) is 0 Å². The van der Waals surface area contributed by atoms with Crippen LogP contribution < -0.4 is 0 Å². The number of amides is 1. The molecule has 0 aliphatic carbocycles. The van der Waals surface area contributed by atoms with E-state index in [1.807, 2.05) is 0 Å². The number of nitro benzene ring substituents is 1. The molecule has 0 aromatic heterocycles. The molecule has 136 valence electrons. The molecule has 0 aliphatic heterocycles. The standard InChI is InChI=1S/C18H18N2O5S/c1-19(2)17(21)12-26-16-10-6-4-8-14(16)18(22)25-11-13-7-3-5-9-15(13)20(23)24/h3-10H,11-12H2,1-2H3. The number of benzene rings is 2. The highest BCUT2D eigenvalue weighted by Gasteiger charge is 2.17. The van der Waals surface area contributed by atoms with Gasteiger partial charge in [0.2, 0.25) is 5.91 Å². The fraction of sp³-hybridized carbons (Fsp3) is 0.222. The molecule has 0 fully saturated rings. The normalized spacial score (nSPS) is 10.2. The van der Waals surface area contributed by atoms with Crippen LogP contribution in [0.4, 0.5) is 5.69 Å². The van der Waals surface area contributed by atoms with Crippen LogP contribution in [0.5, 0.6) is 0 Å². The number of nitrogens with zero attached hydrogens (tertiary/aromatic N) is 2. The summed E-state index contributed by atoms with van der Waals surface area (Å²) in [4.78, 5) is 36.7. The maximum atomic E-state index is 12.4. The van der Waals surface area contributed by atoms with E-state index in [-0.39, 0.29) is 24.0 Å². The largest absolute Gasteiger partial charge is 0.457 e. The van der Waals surface area contributed by atoms with Crippen molar-refractivity contribution in [1.82, 2.24) is 4.90 Å². The first-order valence-electron chi connectivity index (χ1n) is 7.71. The Morgan fingerprint density at radius 1 is 1.12 bits per heavy atom. The van der Waals surface area contributed by atoms with Crippen LogP contribution in [0.2, 0.25) is 0 Å². The van der Waals surface area contributed by atoms with Gasteiger partial charge in [0, 0.05) is 25.1 Å². The van der Waals surface area contributed by atoms with Gasteiger partial charge in [-0.3, -0.25) is 14.9 Å². The van der Waals surface area contributed by atoms with E-state index in [2.05, 4.69) is 0 Å². The van der Waals surface area contributed by atoms with E-state index < -0.39 is 10.9 Å². The highest BCUT2D eigenvalue weighted by atomic mass is 32.2. The molecule has 0 radical (unpaired) electrons. The summed E-state index contributed by atoms with van der Waals surface area (Å²) in [5, 5.41) is 11.0. The number of nitro groups is 1. The number of thioether (sulfide) groups is 1. The van der Waals surface area contributed by atoms with Crippen molar-refractivity contribution in [2.75, 3.05) is 19.8 Å². The van der Waals surface area contributed by atoms with Gasteiger partial charge in [0.1, 0.15) is 6.61 Å². The number of hydrogen-bond donors (Lipinski definition) is 0. The second-order valence-corrected chi connectivity index (χ2v) is 6.55. The lowest BCUT2D eigenvalue weighted by atomic mass is 10.2. The molecule has 0 saturated carbocycles. The van der Waals surface area contributed by atoms with Gasteiger partial charge in [-0.05, 0) is 18.2 Å². The van der Waals surface area contributed by atoms with E-state index in [9.17, 15) is 19.7 Å². The summed E-state index contributed by atoms with van der Waals surface area (Å²) in [6, 6.07) is 12.9. The van der Waals surface area contributed by atoms with Gasteiger partial charge in [0.05, 0.1) is 21.8 Å². The van der Waals surface area contributed by atoms with Gasteiger partial charge in [-0.1, -0.05) is 24.3 Å². The SMILES string of the molecule is CN(C)C(=O)CSc1ccccc1C(=O)OCc1ccccc1[N+](=O)[O-]. The van der Waals surface area contributed by atoms with E-state index in [0.717, 1.165) is 0 Å².